The quantitative estimate of drug-likeness (QED) is 0.727. The fourth-order valence-corrected chi connectivity index (χ4v) is 3.78. The lowest BCUT2D eigenvalue weighted by Crippen LogP contribution is -2.36. The van der Waals surface area contributed by atoms with Gasteiger partial charge in [0.05, 0.1) is 6.54 Å². The summed E-state index contributed by atoms with van der Waals surface area (Å²) in [5.41, 5.74) is 0. The highest BCUT2D eigenvalue weighted by atomic mass is 79.9. The van der Waals surface area contributed by atoms with Crippen LogP contribution in [0.2, 0.25) is 0 Å². The number of rotatable bonds is 2. The van der Waals surface area contributed by atoms with E-state index in [-0.39, 0.29) is 0 Å². The van der Waals surface area contributed by atoms with Crippen LogP contribution in [0.5, 0.6) is 0 Å². The zero-order valence-electron chi connectivity index (χ0n) is 9.29. The van der Waals surface area contributed by atoms with Crippen molar-refractivity contribution in [3.05, 3.63) is 0 Å². The maximum atomic E-state index is 4.64. The molecule has 1 fully saturated rings. The lowest BCUT2D eigenvalue weighted by Gasteiger charge is -2.32. The van der Waals surface area contributed by atoms with Crippen molar-refractivity contribution >= 4 is 32.9 Å². The molecule has 0 aromatic carbocycles. The Labute approximate surface area is 105 Å². The second-order valence-electron chi connectivity index (χ2n) is 4.36. The molecular formula is C11H19BrN2S. The van der Waals surface area contributed by atoms with E-state index in [0.717, 1.165) is 17.8 Å². The van der Waals surface area contributed by atoms with Crippen LogP contribution in [0.4, 0.5) is 0 Å². The minimum absolute atomic E-state index is 0.670. The summed E-state index contributed by atoms with van der Waals surface area (Å²) in [4.78, 5) is 7.12. The number of amidine groups is 1. The normalized spacial score (nSPS) is 28.3. The van der Waals surface area contributed by atoms with Crippen LogP contribution in [0.15, 0.2) is 4.99 Å². The third kappa shape index (κ3) is 2.90. The first-order chi connectivity index (χ1) is 7.33. The Bertz CT molecular complexity index is 237. The molecule has 0 aliphatic carbocycles. The number of hydrogen-bond donors (Lipinski definition) is 0. The summed E-state index contributed by atoms with van der Waals surface area (Å²) in [6.07, 6.45) is 4.06. The van der Waals surface area contributed by atoms with Crippen molar-refractivity contribution in [1.82, 2.24) is 4.90 Å². The molecule has 0 bridgehead atoms. The van der Waals surface area contributed by atoms with Gasteiger partial charge in [0.25, 0.3) is 0 Å². The molecule has 2 rings (SSSR count). The molecule has 1 atom stereocenters. The van der Waals surface area contributed by atoms with Crippen LogP contribution in [0.25, 0.3) is 0 Å². The van der Waals surface area contributed by atoms with Gasteiger partial charge in [-0.2, -0.15) is 0 Å². The lowest BCUT2D eigenvalue weighted by atomic mass is 9.95. The summed E-state index contributed by atoms with van der Waals surface area (Å²) in [7, 11) is 0. The molecule has 1 unspecified atom stereocenters. The van der Waals surface area contributed by atoms with Gasteiger partial charge in [-0.25, -0.2) is 0 Å². The fraction of sp³-hybridized carbons (Fsp3) is 0.909. The Balaban J connectivity index is 1.81. The zero-order valence-corrected chi connectivity index (χ0v) is 11.7. The topological polar surface area (TPSA) is 15.6 Å². The minimum Gasteiger partial charge on any atom is -0.351 e. The number of aliphatic imine (C=N–C) groups is 1. The molecule has 0 radical (unpaired) electrons. The van der Waals surface area contributed by atoms with Crippen molar-refractivity contribution in [2.24, 2.45) is 10.9 Å². The van der Waals surface area contributed by atoms with Gasteiger partial charge >= 0.3 is 0 Å². The predicted octanol–water partition coefficient (Wildman–Crippen LogP) is 2.97. The highest BCUT2D eigenvalue weighted by Crippen LogP contribution is 2.28. The van der Waals surface area contributed by atoms with E-state index in [1.807, 2.05) is 11.8 Å². The summed E-state index contributed by atoms with van der Waals surface area (Å²) in [6, 6.07) is 0. The average molecular weight is 291 g/mol. The summed E-state index contributed by atoms with van der Waals surface area (Å²) < 4.78 is 0. The van der Waals surface area contributed by atoms with E-state index in [9.17, 15) is 0 Å². The average Bonchev–Trinajstić information content (AvgIpc) is 2.78. The van der Waals surface area contributed by atoms with Crippen molar-refractivity contribution < 1.29 is 0 Å². The largest absolute Gasteiger partial charge is 0.351 e. The molecule has 0 aromatic heterocycles. The monoisotopic (exact) mass is 290 g/mol. The Hall–Kier alpha value is 0.300. The third-order valence-corrected chi connectivity index (χ3v) is 5.79. The van der Waals surface area contributed by atoms with Gasteiger partial charge in [0.2, 0.25) is 0 Å². The molecule has 0 N–H and O–H groups in total. The van der Waals surface area contributed by atoms with Gasteiger partial charge in [-0.3, -0.25) is 4.99 Å². The predicted molar refractivity (Wildman–Crippen MR) is 72.1 cm³/mol. The van der Waals surface area contributed by atoms with E-state index in [1.165, 1.54) is 37.5 Å². The summed E-state index contributed by atoms with van der Waals surface area (Å²) in [5, 5.41) is 3.04. The molecule has 1 saturated heterocycles. The fourth-order valence-electron chi connectivity index (χ4n) is 2.19. The second kappa shape index (κ2) is 5.58. The Morgan fingerprint density at radius 2 is 2.20 bits per heavy atom. The first kappa shape index (κ1) is 11.8. The van der Waals surface area contributed by atoms with Crippen molar-refractivity contribution in [3.63, 3.8) is 0 Å². The minimum atomic E-state index is 0.670. The van der Waals surface area contributed by atoms with Crippen LogP contribution in [-0.4, -0.2) is 40.3 Å². The molecule has 4 heteroatoms. The molecule has 15 heavy (non-hydrogen) atoms. The van der Waals surface area contributed by atoms with Crippen molar-refractivity contribution in [3.8, 4) is 0 Å². The number of alkyl halides is 1. The molecule has 0 aromatic rings. The molecule has 86 valence electrons. The first-order valence-corrected chi connectivity index (χ1v) is 7.85. The van der Waals surface area contributed by atoms with Gasteiger partial charge in [0.15, 0.2) is 5.17 Å². The number of hydrogen-bond acceptors (Lipinski definition) is 3. The summed E-state index contributed by atoms with van der Waals surface area (Å²) in [5.74, 6) is 0.959. The smallest absolute Gasteiger partial charge is 0.159 e. The maximum absolute atomic E-state index is 4.64. The molecule has 2 nitrogen and oxygen atoms in total. The standard InChI is InChI=1S/C11H19BrN2S/c1-2-9-3-5-14(6-4-9)11-13-8-10(7-12)15-11/h9-10H,2-8H2,1H3. The van der Waals surface area contributed by atoms with Gasteiger partial charge in [0, 0.05) is 23.7 Å². The van der Waals surface area contributed by atoms with Gasteiger partial charge in [0.1, 0.15) is 0 Å². The van der Waals surface area contributed by atoms with Crippen LogP contribution in [0, 0.1) is 5.92 Å². The van der Waals surface area contributed by atoms with Crippen LogP contribution < -0.4 is 0 Å². The van der Waals surface area contributed by atoms with Crippen LogP contribution in [-0.2, 0) is 0 Å². The maximum Gasteiger partial charge on any atom is 0.159 e. The van der Waals surface area contributed by atoms with Crippen LogP contribution in [0.3, 0.4) is 0 Å². The molecule has 2 aliphatic heterocycles. The Morgan fingerprint density at radius 3 is 2.73 bits per heavy atom. The summed E-state index contributed by atoms with van der Waals surface area (Å²) in [6.45, 7) is 5.75. The molecule has 2 aliphatic rings. The SMILES string of the molecule is CCC1CCN(C2=NCC(CBr)S2)CC1. The Kier molecular flexibility index (Phi) is 4.38. The lowest BCUT2D eigenvalue weighted by molar-refractivity contribution is 0.265. The highest BCUT2D eigenvalue weighted by Gasteiger charge is 2.26. The van der Waals surface area contributed by atoms with E-state index >= 15 is 0 Å². The number of thioether (sulfide) groups is 1. The summed E-state index contributed by atoms with van der Waals surface area (Å²) >= 11 is 5.49. The van der Waals surface area contributed by atoms with E-state index in [2.05, 4.69) is 32.7 Å². The molecule has 0 spiro atoms. The zero-order chi connectivity index (χ0) is 10.7. The van der Waals surface area contributed by atoms with Crippen molar-refractivity contribution in [2.75, 3.05) is 25.0 Å². The Morgan fingerprint density at radius 1 is 1.47 bits per heavy atom. The first-order valence-electron chi connectivity index (χ1n) is 5.85. The van der Waals surface area contributed by atoms with Crippen LogP contribution >= 0.6 is 27.7 Å². The van der Waals surface area contributed by atoms with E-state index < -0.39 is 0 Å². The number of piperidine rings is 1. The highest BCUT2D eigenvalue weighted by molar-refractivity contribution is 9.09. The van der Waals surface area contributed by atoms with Gasteiger partial charge in [-0.1, -0.05) is 41.0 Å². The van der Waals surface area contributed by atoms with E-state index in [1.54, 1.807) is 0 Å². The third-order valence-electron chi connectivity index (χ3n) is 3.34. The second-order valence-corrected chi connectivity index (χ2v) is 6.27. The molecule has 2 heterocycles. The van der Waals surface area contributed by atoms with Crippen molar-refractivity contribution in [2.45, 2.75) is 31.4 Å². The number of halogens is 1. The van der Waals surface area contributed by atoms with Gasteiger partial charge in [-0.15, -0.1) is 0 Å². The van der Waals surface area contributed by atoms with E-state index in [0.29, 0.717) is 5.25 Å². The van der Waals surface area contributed by atoms with Crippen LogP contribution in [0.1, 0.15) is 26.2 Å². The number of likely N-dealkylation sites (tertiary alicyclic amines) is 1. The van der Waals surface area contributed by atoms with Gasteiger partial charge in [-0.05, 0) is 18.8 Å². The molecule has 0 saturated carbocycles. The molecule has 0 amide bonds. The number of nitrogens with zero attached hydrogens (tertiary/aromatic N) is 2. The van der Waals surface area contributed by atoms with Crippen molar-refractivity contribution in [1.29, 1.82) is 0 Å². The van der Waals surface area contributed by atoms with Gasteiger partial charge < -0.3 is 4.90 Å². The molecular weight excluding hydrogens is 272 g/mol. The van der Waals surface area contributed by atoms with E-state index in [4.69, 9.17) is 0 Å².